The first-order valence-electron chi connectivity index (χ1n) is 10.9. The first-order chi connectivity index (χ1) is 16.9. The Morgan fingerprint density at radius 1 is 1.03 bits per heavy atom. The van der Waals surface area contributed by atoms with Gasteiger partial charge in [0, 0.05) is 17.9 Å². The van der Waals surface area contributed by atoms with Crippen molar-refractivity contribution in [3.05, 3.63) is 82.7 Å². The summed E-state index contributed by atoms with van der Waals surface area (Å²) >= 11 is 0. The number of benzene rings is 2. The van der Waals surface area contributed by atoms with E-state index in [1.807, 2.05) is 0 Å². The molecular weight excluding hydrogens is 510 g/mol. The Morgan fingerprint density at radius 3 is 2.39 bits per heavy atom. The molecule has 0 amide bonds. The summed E-state index contributed by atoms with van der Waals surface area (Å²) in [6.45, 7) is 0.150. The quantitative estimate of drug-likeness (QED) is 0.366. The number of hydrogen-bond acceptors (Lipinski definition) is 5. The lowest BCUT2D eigenvalue weighted by atomic mass is 9.82. The lowest BCUT2D eigenvalue weighted by Gasteiger charge is -2.29. The number of sulfone groups is 1. The van der Waals surface area contributed by atoms with E-state index >= 15 is 0 Å². The predicted molar refractivity (Wildman–Crippen MR) is 117 cm³/mol. The van der Waals surface area contributed by atoms with Crippen molar-refractivity contribution in [2.75, 3.05) is 6.61 Å². The maximum Gasteiger partial charge on any atom is 0.416 e. The molecule has 0 spiro atoms. The highest BCUT2D eigenvalue weighted by Crippen LogP contribution is 2.42. The Balaban J connectivity index is 1.68. The largest absolute Gasteiger partial charge is 0.493 e. The SMILES string of the molecule is O=S(=O)(Cc1ncc(F)cn1)c1ccc2c(c1)OCC[C@@H]2c1ccc(C(F)(F)F)cc1CCC(F)F. The van der Waals surface area contributed by atoms with Crippen LogP contribution in [0.15, 0.2) is 53.7 Å². The normalized spacial score (nSPS) is 16.0. The van der Waals surface area contributed by atoms with Crippen LogP contribution in [-0.2, 0) is 28.2 Å². The van der Waals surface area contributed by atoms with Crippen LogP contribution >= 0.6 is 0 Å². The smallest absolute Gasteiger partial charge is 0.416 e. The number of ether oxygens (including phenoxy) is 1. The number of alkyl halides is 5. The predicted octanol–water partition coefficient (Wildman–Crippen LogP) is 5.72. The summed E-state index contributed by atoms with van der Waals surface area (Å²) in [5.41, 5.74) is 0.236. The number of nitrogens with zero attached hydrogens (tertiary/aromatic N) is 2. The molecule has 2 aromatic carbocycles. The van der Waals surface area contributed by atoms with E-state index in [4.69, 9.17) is 4.74 Å². The van der Waals surface area contributed by atoms with Crippen molar-refractivity contribution in [2.24, 2.45) is 0 Å². The highest BCUT2D eigenvalue weighted by Gasteiger charge is 2.33. The van der Waals surface area contributed by atoms with Gasteiger partial charge in [-0.3, -0.25) is 0 Å². The molecule has 1 aliphatic rings. The lowest BCUT2D eigenvalue weighted by molar-refractivity contribution is -0.137. The van der Waals surface area contributed by atoms with Gasteiger partial charge in [-0.15, -0.1) is 0 Å². The third-order valence-corrected chi connectivity index (χ3v) is 7.46. The zero-order valence-electron chi connectivity index (χ0n) is 18.6. The van der Waals surface area contributed by atoms with Crippen molar-refractivity contribution >= 4 is 9.84 Å². The molecule has 12 heteroatoms. The lowest BCUT2D eigenvalue weighted by Crippen LogP contribution is -2.18. The first kappa shape index (κ1) is 25.9. The molecule has 1 aromatic heterocycles. The summed E-state index contributed by atoms with van der Waals surface area (Å²) in [5, 5.41) is 0. The van der Waals surface area contributed by atoms with Gasteiger partial charge in [-0.2, -0.15) is 13.2 Å². The van der Waals surface area contributed by atoms with Crippen molar-refractivity contribution in [1.29, 1.82) is 0 Å². The van der Waals surface area contributed by atoms with Gasteiger partial charge in [0.15, 0.2) is 15.7 Å². The second-order valence-electron chi connectivity index (χ2n) is 8.31. The second-order valence-corrected chi connectivity index (χ2v) is 10.3. The van der Waals surface area contributed by atoms with Crippen molar-refractivity contribution in [3.8, 4) is 5.75 Å². The standard InChI is InChI=1S/C24H20F6N2O3S/c25-16-11-31-23(32-12-16)13-36(33,34)17-3-5-20-19(7-8-35-21(20)10-17)18-4-2-15(24(28,29)30)9-14(18)1-6-22(26)27/h2-5,9-12,19,22H,1,6-8,13H2/t19-/m1/s1. The fourth-order valence-electron chi connectivity index (χ4n) is 4.16. The van der Waals surface area contributed by atoms with Crippen molar-refractivity contribution in [2.45, 2.75) is 48.4 Å². The topological polar surface area (TPSA) is 69.2 Å². The Hall–Kier alpha value is -3.15. The molecule has 2 heterocycles. The zero-order valence-corrected chi connectivity index (χ0v) is 19.4. The number of hydrogen-bond donors (Lipinski definition) is 0. The van der Waals surface area contributed by atoms with Gasteiger partial charge in [0.2, 0.25) is 6.43 Å². The van der Waals surface area contributed by atoms with Gasteiger partial charge in [0.1, 0.15) is 17.3 Å². The van der Waals surface area contributed by atoms with Crippen LogP contribution in [0.4, 0.5) is 26.3 Å². The zero-order chi connectivity index (χ0) is 26.1. The molecule has 0 radical (unpaired) electrons. The van der Waals surface area contributed by atoms with Gasteiger partial charge in [-0.1, -0.05) is 12.1 Å². The van der Waals surface area contributed by atoms with Gasteiger partial charge >= 0.3 is 6.18 Å². The molecule has 4 rings (SSSR count). The van der Waals surface area contributed by atoms with E-state index in [2.05, 4.69) is 9.97 Å². The molecule has 36 heavy (non-hydrogen) atoms. The van der Waals surface area contributed by atoms with Gasteiger partial charge in [-0.05, 0) is 48.2 Å². The molecule has 0 saturated carbocycles. The minimum atomic E-state index is -4.62. The van der Waals surface area contributed by atoms with Crippen LogP contribution in [0.3, 0.4) is 0 Å². The van der Waals surface area contributed by atoms with Crippen LogP contribution in [0.1, 0.15) is 46.8 Å². The van der Waals surface area contributed by atoms with Crippen LogP contribution in [0.5, 0.6) is 5.75 Å². The molecular formula is C24H20F6N2O3S. The summed E-state index contributed by atoms with van der Waals surface area (Å²) in [6, 6.07) is 7.25. The van der Waals surface area contributed by atoms with Crippen molar-refractivity contribution < 1.29 is 39.5 Å². The fraction of sp³-hybridized carbons (Fsp3) is 0.333. The molecule has 5 nitrogen and oxygen atoms in total. The van der Waals surface area contributed by atoms with E-state index in [-0.39, 0.29) is 35.1 Å². The molecule has 1 aliphatic heterocycles. The molecule has 0 fully saturated rings. The second kappa shape index (κ2) is 10.1. The van der Waals surface area contributed by atoms with E-state index in [1.54, 1.807) is 0 Å². The van der Waals surface area contributed by atoms with Gasteiger partial charge in [0.25, 0.3) is 0 Å². The van der Waals surface area contributed by atoms with Crippen LogP contribution in [-0.4, -0.2) is 31.4 Å². The van der Waals surface area contributed by atoms with Crippen molar-refractivity contribution in [3.63, 3.8) is 0 Å². The Morgan fingerprint density at radius 2 is 1.72 bits per heavy atom. The monoisotopic (exact) mass is 530 g/mol. The highest BCUT2D eigenvalue weighted by atomic mass is 32.2. The first-order valence-corrected chi connectivity index (χ1v) is 12.5. The van der Waals surface area contributed by atoms with E-state index in [0.717, 1.165) is 24.5 Å². The van der Waals surface area contributed by atoms with Crippen LogP contribution in [0.25, 0.3) is 0 Å². The van der Waals surface area contributed by atoms with Crippen LogP contribution in [0.2, 0.25) is 0 Å². The highest BCUT2D eigenvalue weighted by molar-refractivity contribution is 7.90. The molecule has 0 saturated heterocycles. The Labute approximate surface area is 203 Å². The summed E-state index contributed by atoms with van der Waals surface area (Å²) in [6.07, 6.45) is -6.05. The van der Waals surface area contributed by atoms with Gasteiger partial charge in [-0.25, -0.2) is 31.6 Å². The minimum Gasteiger partial charge on any atom is -0.493 e. The van der Waals surface area contributed by atoms with E-state index in [1.165, 1.54) is 24.3 Å². The molecule has 192 valence electrons. The number of aromatic nitrogens is 2. The van der Waals surface area contributed by atoms with Gasteiger partial charge in [0.05, 0.1) is 29.5 Å². The van der Waals surface area contributed by atoms with Gasteiger partial charge < -0.3 is 4.74 Å². The fourth-order valence-corrected chi connectivity index (χ4v) is 5.37. The molecule has 0 aliphatic carbocycles. The Bertz CT molecular complexity index is 1340. The number of halogens is 6. The number of aryl methyl sites for hydroxylation is 1. The summed E-state index contributed by atoms with van der Waals surface area (Å²) in [7, 11) is -3.93. The third-order valence-electron chi connectivity index (χ3n) is 5.85. The van der Waals surface area contributed by atoms with E-state index < -0.39 is 51.9 Å². The summed E-state index contributed by atoms with van der Waals surface area (Å²) in [4.78, 5) is 7.23. The molecule has 0 N–H and O–H groups in total. The van der Waals surface area contributed by atoms with E-state index in [9.17, 15) is 34.8 Å². The maximum atomic E-state index is 13.3. The average Bonchev–Trinajstić information content (AvgIpc) is 2.82. The van der Waals surface area contributed by atoms with Crippen molar-refractivity contribution in [1.82, 2.24) is 9.97 Å². The summed E-state index contributed by atoms with van der Waals surface area (Å²) in [5.74, 6) is -1.62. The third kappa shape index (κ3) is 5.80. The number of fused-ring (bicyclic) bond motifs is 1. The average molecular weight is 530 g/mol. The molecule has 0 unspecified atom stereocenters. The minimum absolute atomic E-state index is 0.0960. The molecule has 3 aromatic rings. The van der Waals surface area contributed by atoms with Crippen LogP contribution in [0, 0.1) is 5.82 Å². The Kier molecular flexibility index (Phi) is 7.26. The maximum absolute atomic E-state index is 13.3. The molecule has 0 bridgehead atoms. The molecule has 1 atom stereocenters. The van der Waals surface area contributed by atoms with Crippen LogP contribution < -0.4 is 4.74 Å². The van der Waals surface area contributed by atoms with E-state index in [0.29, 0.717) is 17.5 Å². The number of rotatable bonds is 7. The summed E-state index contributed by atoms with van der Waals surface area (Å²) < 4.78 is 110.